The molecule has 1 fully saturated rings. The third-order valence-corrected chi connectivity index (χ3v) is 8.34. The topological polar surface area (TPSA) is 59.0 Å². The predicted molar refractivity (Wildman–Crippen MR) is 112 cm³/mol. The molecule has 0 aliphatic carbocycles. The number of hydrogen-bond acceptors (Lipinski definition) is 6. The predicted octanol–water partition coefficient (Wildman–Crippen LogP) is 3.76. The number of aliphatic imine (C=N–C) groups is 1. The van der Waals surface area contributed by atoms with Gasteiger partial charge in [0.25, 0.3) is 0 Å². The summed E-state index contributed by atoms with van der Waals surface area (Å²) in [7, 11) is -1.43. The highest BCUT2D eigenvalue weighted by Gasteiger charge is 2.44. The zero-order chi connectivity index (χ0) is 19.9. The van der Waals surface area contributed by atoms with Crippen molar-refractivity contribution in [3.63, 3.8) is 0 Å². The van der Waals surface area contributed by atoms with E-state index in [2.05, 4.69) is 4.99 Å². The molecule has 5 nitrogen and oxygen atoms in total. The number of thioether (sulfide) groups is 1. The van der Waals surface area contributed by atoms with Gasteiger partial charge in [-0.15, -0.1) is 0 Å². The van der Waals surface area contributed by atoms with Gasteiger partial charge in [0, 0.05) is 22.0 Å². The molecule has 2 atom stereocenters. The molecular formula is C19H18ClFN2O3S2. The highest BCUT2D eigenvalue weighted by molar-refractivity contribution is 8.15. The molecule has 0 spiro atoms. The van der Waals surface area contributed by atoms with Gasteiger partial charge in [0.1, 0.15) is 11.6 Å². The largest absolute Gasteiger partial charge is 0.497 e. The van der Waals surface area contributed by atoms with Gasteiger partial charge in [0.05, 0.1) is 31.2 Å². The smallest absolute Gasteiger partial charge is 0.164 e. The third-order valence-electron chi connectivity index (χ3n) is 4.74. The zero-order valence-electron chi connectivity index (χ0n) is 15.0. The van der Waals surface area contributed by atoms with E-state index in [1.165, 1.54) is 23.9 Å². The number of methoxy groups -OCH3 is 1. The van der Waals surface area contributed by atoms with Crippen LogP contribution >= 0.6 is 23.4 Å². The van der Waals surface area contributed by atoms with Gasteiger partial charge in [-0.3, -0.25) is 4.99 Å². The summed E-state index contributed by atoms with van der Waals surface area (Å²) in [5.41, 5.74) is 1.59. The average Bonchev–Trinajstić information content (AvgIpc) is 3.14. The van der Waals surface area contributed by atoms with Crippen LogP contribution in [0.5, 0.6) is 5.75 Å². The number of halogens is 2. The van der Waals surface area contributed by atoms with E-state index in [9.17, 15) is 12.8 Å². The van der Waals surface area contributed by atoms with E-state index >= 15 is 0 Å². The number of amidine groups is 1. The van der Waals surface area contributed by atoms with Gasteiger partial charge in [-0.05, 0) is 29.8 Å². The number of fused-ring (bicyclic) bond motifs is 1. The molecule has 148 valence electrons. The van der Waals surface area contributed by atoms with E-state index in [1.54, 1.807) is 13.2 Å². The highest BCUT2D eigenvalue weighted by Crippen LogP contribution is 2.38. The second-order valence-electron chi connectivity index (χ2n) is 6.74. The molecule has 0 bridgehead atoms. The molecule has 0 saturated carbocycles. The molecule has 2 aromatic carbocycles. The Morgan fingerprint density at radius 2 is 2.11 bits per heavy atom. The maximum absolute atomic E-state index is 13.4. The molecule has 0 radical (unpaired) electrons. The first-order valence-corrected chi connectivity index (χ1v) is 11.7. The fourth-order valence-corrected chi connectivity index (χ4v) is 7.35. The molecule has 4 rings (SSSR count). The Morgan fingerprint density at radius 1 is 1.29 bits per heavy atom. The van der Waals surface area contributed by atoms with Crippen molar-refractivity contribution in [2.75, 3.05) is 23.5 Å². The molecule has 2 aliphatic heterocycles. The minimum Gasteiger partial charge on any atom is -0.497 e. The molecule has 0 amide bonds. The van der Waals surface area contributed by atoms with Crippen LogP contribution in [0.3, 0.4) is 0 Å². The number of anilines is 1. The number of sulfone groups is 1. The fourth-order valence-electron chi connectivity index (χ4n) is 3.34. The van der Waals surface area contributed by atoms with E-state index in [-0.39, 0.29) is 22.8 Å². The summed E-state index contributed by atoms with van der Waals surface area (Å²) < 4.78 is 42.5. The van der Waals surface area contributed by atoms with Gasteiger partial charge in [0.15, 0.2) is 15.0 Å². The van der Waals surface area contributed by atoms with E-state index in [4.69, 9.17) is 16.3 Å². The van der Waals surface area contributed by atoms with Crippen LogP contribution in [0.4, 0.5) is 10.1 Å². The van der Waals surface area contributed by atoms with Crippen molar-refractivity contribution in [2.45, 2.75) is 17.8 Å². The van der Waals surface area contributed by atoms with Crippen molar-refractivity contribution >= 4 is 44.1 Å². The molecule has 0 unspecified atom stereocenters. The Kier molecular flexibility index (Phi) is 5.28. The Balaban J connectivity index is 1.70. The molecule has 2 aliphatic rings. The van der Waals surface area contributed by atoms with Crippen LogP contribution in [0.2, 0.25) is 5.02 Å². The second kappa shape index (κ2) is 7.57. The lowest BCUT2D eigenvalue weighted by Crippen LogP contribution is -2.28. The molecule has 1 saturated heterocycles. The van der Waals surface area contributed by atoms with E-state index in [0.717, 1.165) is 16.4 Å². The zero-order valence-corrected chi connectivity index (χ0v) is 17.4. The third kappa shape index (κ3) is 3.99. The molecule has 9 heteroatoms. The van der Waals surface area contributed by atoms with Crippen LogP contribution in [-0.2, 0) is 16.4 Å². The van der Waals surface area contributed by atoms with Gasteiger partial charge in [-0.25, -0.2) is 12.8 Å². The van der Waals surface area contributed by atoms with E-state index in [1.807, 2.05) is 29.2 Å². The standard InChI is InChI=1S/C19H18ClFN2O3S2/c1-26-15-4-2-3-14(8-15)23(9-12-5-6-13(21)7-16(12)20)19-22-17-10-28(24,25)11-18(17)27-19/h2-8,17-18H,9-11H2,1H3/t17-,18+/m1/s1. The number of hydrogen-bond donors (Lipinski definition) is 0. The summed E-state index contributed by atoms with van der Waals surface area (Å²) in [6.07, 6.45) is 0. The summed E-state index contributed by atoms with van der Waals surface area (Å²) in [6, 6.07) is 11.6. The Morgan fingerprint density at radius 3 is 2.82 bits per heavy atom. The maximum atomic E-state index is 13.4. The van der Waals surface area contributed by atoms with E-state index in [0.29, 0.717) is 17.3 Å². The highest BCUT2D eigenvalue weighted by atomic mass is 35.5. The Labute approximate surface area is 172 Å². The van der Waals surface area contributed by atoms with Crippen molar-refractivity contribution in [2.24, 2.45) is 4.99 Å². The average molecular weight is 441 g/mol. The lowest BCUT2D eigenvalue weighted by Gasteiger charge is -2.25. The SMILES string of the molecule is COc1cccc(N(Cc2ccc(F)cc2Cl)C2=N[C@@H]3CS(=O)(=O)C[C@@H]3S2)c1. The van der Waals surface area contributed by atoms with Crippen LogP contribution in [0.25, 0.3) is 0 Å². The van der Waals surface area contributed by atoms with Crippen molar-refractivity contribution < 1.29 is 17.5 Å². The number of nitrogens with zero attached hydrogens (tertiary/aromatic N) is 2. The van der Waals surface area contributed by atoms with Crippen molar-refractivity contribution in [1.29, 1.82) is 0 Å². The monoisotopic (exact) mass is 440 g/mol. The van der Waals surface area contributed by atoms with Gasteiger partial charge in [0.2, 0.25) is 0 Å². The summed E-state index contributed by atoms with van der Waals surface area (Å²) in [6.45, 7) is 0.379. The normalized spacial score (nSPS) is 22.6. The Bertz CT molecular complexity index is 1050. The summed E-state index contributed by atoms with van der Waals surface area (Å²) >= 11 is 7.71. The van der Waals surface area contributed by atoms with Crippen LogP contribution in [0.1, 0.15) is 5.56 Å². The second-order valence-corrected chi connectivity index (χ2v) is 10.5. The first-order chi connectivity index (χ1) is 13.3. The lowest BCUT2D eigenvalue weighted by atomic mass is 10.2. The quantitative estimate of drug-likeness (QED) is 0.724. The molecule has 2 aromatic rings. The lowest BCUT2D eigenvalue weighted by molar-refractivity contribution is 0.415. The van der Waals surface area contributed by atoms with Gasteiger partial charge in [-0.2, -0.15) is 0 Å². The number of benzene rings is 2. The molecule has 2 heterocycles. The number of rotatable bonds is 4. The van der Waals surface area contributed by atoms with Crippen molar-refractivity contribution in [1.82, 2.24) is 0 Å². The van der Waals surface area contributed by atoms with Crippen molar-refractivity contribution in [3.8, 4) is 5.75 Å². The first kappa shape index (κ1) is 19.5. The van der Waals surface area contributed by atoms with Crippen LogP contribution in [0, 0.1) is 5.82 Å². The van der Waals surface area contributed by atoms with Gasteiger partial charge < -0.3 is 9.64 Å². The maximum Gasteiger partial charge on any atom is 0.164 e. The number of ether oxygens (including phenoxy) is 1. The molecular weight excluding hydrogens is 423 g/mol. The van der Waals surface area contributed by atoms with Crippen molar-refractivity contribution in [3.05, 3.63) is 58.9 Å². The molecule has 0 aromatic heterocycles. The van der Waals surface area contributed by atoms with E-state index < -0.39 is 15.7 Å². The first-order valence-electron chi connectivity index (χ1n) is 8.65. The molecule has 0 N–H and O–H groups in total. The Hall–Kier alpha value is -1.77. The van der Waals surface area contributed by atoms with Gasteiger partial charge in [-0.1, -0.05) is 35.5 Å². The van der Waals surface area contributed by atoms with Crippen LogP contribution in [0.15, 0.2) is 47.5 Å². The summed E-state index contributed by atoms with van der Waals surface area (Å²) in [5, 5.41) is 0.995. The van der Waals surface area contributed by atoms with Crippen LogP contribution < -0.4 is 9.64 Å². The summed E-state index contributed by atoms with van der Waals surface area (Å²) in [5.74, 6) is 0.517. The van der Waals surface area contributed by atoms with Gasteiger partial charge >= 0.3 is 0 Å². The summed E-state index contributed by atoms with van der Waals surface area (Å²) in [4.78, 5) is 6.66. The minimum absolute atomic E-state index is 0.0724. The van der Waals surface area contributed by atoms with Crippen LogP contribution in [-0.4, -0.2) is 43.5 Å². The molecule has 28 heavy (non-hydrogen) atoms. The fraction of sp³-hybridized carbons (Fsp3) is 0.316. The minimum atomic E-state index is -3.03.